The number of ether oxygens (including phenoxy) is 5. The second-order valence-electron chi connectivity index (χ2n) is 9.12. The first-order chi connectivity index (χ1) is 20.6. The van der Waals surface area contributed by atoms with Gasteiger partial charge in [-0.1, -0.05) is 0 Å². The highest BCUT2D eigenvalue weighted by Gasteiger charge is 2.18. The highest BCUT2D eigenvalue weighted by Crippen LogP contribution is 2.11. The Labute approximate surface area is 243 Å². The summed E-state index contributed by atoms with van der Waals surface area (Å²) in [5, 5.41) is 0. The minimum atomic E-state index is -0.927. The molecular weight excluding hydrogens is 578 g/mol. The molecule has 0 spiro atoms. The largest absolute Gasteiger partial charge is 0.519 e. The zero-order valence-corrected chi connectivity index (χ0v) is 23.5. The monoisotopic (exact) mass is 609 g/mol. The van der Waals surface area contributed by atoms with Crippen molar-refractivity contribution in [2.75, 3.05) is 46.1 Å². The molecule has 0 saturated carbocycles. The summed E-state index contributed by atoms with van der Waals surface area (Å²) in [7, 11) is 0. The van der Waals surface area contributed by atoms with Crippen LogP contribution < -0.4 is 11.6 Å². The van der Waals surface area contributed by atoms with Gasteiger partial charge < -0.3 is 41.4 Å². The van der Waals surface area contributed by atoms with Crippen molar-refractivity contribution in [2.24, 2.45) is 5.92 Å². The molecule has 0 amide bonds. The van der Waals surface area contributed by atoms with Crippen LogP contribution in [0.2, 0.25) is 0 Å². The summed E-state index contributed by atoms with van der Waals surface area (Å²) < 4.78 is 44.3. The van der Waals surface area contributed by atoms with Crippen LogP contribution in [0, 0.1) is 19.8 Å². The van der Waals surface area contributed by atoms with E-state index in [1.165, 1.54) is 13.8 Å². The van der Waals surface area contributed by atoms with Gasteiger partial charge in [0.1, 0.15) is 0 Å². The zero-order valence-electron chi connectivity index (χ0n) is 23.5. The van der Waals surface area contributed by atoms with Crippen molar-refractivity contribution in [2.45, 2.75) is 33.5 Å². The molecule has 2 aromatic rings. The third-order valence-electron chi connectivity index (χ3n) is 5.95. The molecule has 1 aliphatic heterocycles. The Hall–Kier alpha value is -4.70. The first-order valence-corrected chi connectivity index (χ1v) is 13.1. The van der Waals surface area contributed by atoms with E-state index in [2.05, 4.69) is 13.7 Å². The maximum Gasteiger partial charge on any atom is 0.519 e. The van der Waals surface area contributed by atoms with Gasteiger partial charge in [0, 0.05) is 43.3 Å². The minimum Gasteiger partial charge on any atom is -0.462 e. The van der Waals surface area contributed by atoms with E-state index in [1.54, 1.807) is 0 Å². The molecule has 234 valence electrons. The lowest BCUT2D eigenvalue weighted by Crippen LogP contribution is -2.38. The van der Waals surface area contributed by atoms with Gasteiger partial charge in [-0.05, 0) is 26.8 Å². The fraction of sp³-hybridized carbons (Fsp3) is 0.481. The molecule has 43 heavy (non-hydrogen) atoms. The number of hydrogen-bond donors (Lipinski definition) is 0. The second kappa shape index (κ2) is 16.7. The van der Waals surface area contributed by atoms with E-state index >= 15 is 0 Å². The van der Waals surface area contributed by atoms with Crippen molar-refractivity contribution < 1.29 is 60.5 Å². The highest BCUT2D eigenvalue weighted by atomic mass is 16.6. The van der Waals surface area contributed by atoms with Gasteiger partial charge in [-0.3, -0.25) is 4.90 Å². The summed E-state index contributed by atoms with van der Waals surface area (Å²) in [6, 6.07) is 0. The van der Waals surface area contributed by atoms with Crippen LogP contribution in [0.15, 0.2) is 51.6 Å². The quantitative estimate of drug-likeness (QED) is 0.155. The third-order valence-corrected chi connectivity index (χ3v) is 5.95. The number of rotatable bonds is 15. The van der Waals surface area contributed by atoms with Crippen molar-refractivity contribution in [3.05, 3.63) is 68.6 Å². The molecule has 0 N–H and O–H groups in total. The Balaban J connectivity index is 1.44. The second-order valence-corrected chi connectivity index (χ2v) is 9.12. The van der Waals surface area contributed by atoms with Gasteiger partial charge in [0.05, 0.1) is 26.4 Å². The summed E-state index contributed by atoms with van der Waals surface area (Å²) in [6.07, 6.45) is 3.95. The minimum absolute atomic E-state index is 0.0397. The van der Waals surface area contributed by atoms with Gasteiger partial charge in [-0.2, -0.15) is 0 Å². The lowest BCUT2D eigenvalue weighted by atomic mass is 10.1. The van der Waals surface area contributed by atoms with Gasteiger partial charge in [-0.25, -0.2) is 28.8 Å². The number of aryl methyl sites for hydroxylation is 2. The van der Waals surface area contributed by atoms with Crippen LogP contribution in [-0.4, -0.2) is 74.8 Å². The molecule has 0 atom stereocenters. The summed E-state index contributed by atoms with van der Waals surface area (Å²) in [6.45, 7) is 5.21. The number of nitrogens with zero attached hydrogens (tertiary/aromatic N) is 1. The third kappa shape index (κ3) is 12.0. The molecule has 16 nitrogen and oxygen atoms in total. The lowest BCUT2D eigenvalue weighted by Gasteiger charge is -2.28. The maximum absolute atomic E-state index is 12.2. The van der Waals surface area contributed by atoms with E-state index in [4.69, 9.17) is 32.5 Å². The van der Waals surface area contributed by atoms with Gasteiger partial charge in [0.25, 0.3) is 0 Å². The van der Waals surface area contributed by atoms with Crippen molar-refractivity contribution in [1.82, 2.24) is 4.90 Å². The van der Waals surface area contributed by atoms with Crippen LogP contribution in [0.3, 0.4) is 0 Å². The summed E-state index contributed by atoms with van der Waals surface area (Å²) in [4.78, 5) is 72.3. The fourth-order valence-electron chi connectivity index (χ4n) is 3.56. The standard InChI is InChI=1S/C27H31NO15/c1-17-20(42-26(33)40-17)15-38-24(31)5-3-22(29)36-13-19(7-8-28-9-11-35-12-10-28)14-37-23(30)4-6-25(32)39-16-21-18(2)41-27(34)43-21/h3-6,19H,7-16H2,1-2H3/b5-3+,6-4+. The van der Waals surface area contributed by atoms with E-state index in [0.717, 1.165) is 37.4 Å². The first-order valence-electron chi connectivity index (χ1n) is 13.1. The van der Waals surface area contributed by atoms with E-state index in [9.17, 15) is 28.8 Å². The van der Waals surface area contributed by atoms with Crippen molar-refractivity contribution in [3.63, 3.8) is 0 Å². The van der Waals surface area contributed by atoms with Gasteiger partial charge in [0.2, 0.25) is 0 Å². The van der Waals surface area contributed by atoms with Crippen molar-refractivity contribution in [3.8, 4) is 0 Å². The molecule has 1 saturated heterocycles. The Morgan fingerprint density at radius 3 is 1.51 bits per heavy atom. The predicted octanol–water partition coefficient (Wildman–Crippen LogP) is 0.720. The summed E-state index contributed by atoms with van der Waals surface area (Å²) in [5.41, 5.74) is 0. The Bertz CT molecular complexity index is 1320. The van der Waals surface area contributed by atoms with Crippen LogP contribution in [0.25, 0.3) is 0 Å². The highest BCUT2D eigenvalue weighted by molar-refractivity contribution is 5.92. The molecule has 3 rings (SSSR count). The topological polar surface area (TPSA) is 204 Å². The van der Waals surface area contributed by atoms with Gasteiger partial charge in [-0.15, -0.1) is 0 Å². The molecule has 0 unspecified atom stereocenters. The normalized spacial score (nSPS) is 13.9. The Kier molecular flexibility index (Phi) is 12.7. The van der Waals surface area contributed by atoms with E-state index in [1.807, 2.05) is 0 Å². The smallest absolute Gasteiger partial charge is 0.462 e. The van der Waals surface area contributed by atoms with E-state index < -0.39 is 41.4 Å². The van der Waals surface area contributed by atoms with Crippen LogP contribution in [-0.2, 0) is 56.1 Å². The molecule has 2 aromatic heterocycles. The van der Waals surface area contributed by atoms with Crippen molar-refractivity contribution >= 4 is 23.9 Å². The fourth-order valence-corrected chi connectivity index (χ4v) is 3.56. The van der Waals surface area contributed by atoms with Crippen LogP contribution >= 0.6 is 0 Å². The Morgan fingerprint density at radius 2 is 1.12 bits per heavy atom. The first kappa shape index (κ1) is 32.8. The average Bonchev–Trinajstić information content (AvgIpc) is 3.49. The molecule has 1 aliphatic rings. The summed E-state index contributed by atoms with van der Waals surface area (Å²) in [5.74, 6) is -5.29. The number of carbonyl (C=O) groups excluding carboxylic acids is 4. The van der Waals surface area contributed by atoms with Gasteiger partial charge in [0.15, 0.2) is 36.3 Å². The molecule has 0 bridgehead atoms. The molecule has 16 heteroatoms. The Morgan fingerprint density at radius 1 is 0.698 bits per heavy atom. The molecule has 0 radical (unpaired) electrons. The maximum atomic E-state index is 12.2. The van der Waals surface area contributed by atoms with Crippen LogP contribution in [0.4, 0.5) is 0 Å². The van der Waals surface area contributed by atoms with Crippen LogP contribution in [0.1, 0.15) is 29.5 Å². The number of hydrogen-bond acceptors (Lipinski definition) is 16. The number of carbonyl (C=O) groups is 4. The molecule has 0 aliphatic carbocycles. The predicted molar refractivity (Wildman–Crippen MR) is 139 cm³/mol. The van der Waals surface area contributed by atoms with E-state index in [0.29, 0.717) is 26.2 Å². The number of esters is 4. The zero-order chi connectivity index (χ0) is 31.2. The van der Waals surface area contributed by atoms with Crippen LogP contribution in [0.5, 0.6) is 0 Å². The number of morpholine rings is 1. The summed E-state index contributed by atoms with van der Waals surface area (Å²) >= 11 is 0. The molecule has 0 aromatic carbocycles. The average molecular weight is 610 g/mol. The molecule has 3 heterocycles. The molecular formula is C27H31NO15. The van der Waals surface area contributed by atoms with Crippen molar-refractivity contribution in [1.29, 1.82) is 0 Å². The van der Waals surface area contributed by atoms with Gasteiger partial charge >= 0.3 is 35.5 Å². The molecule has 1 fully saturated rings. The lowest BCUT2D eigenvalue weighted by molar-refractivity contribution is -0.145. The SMILES string of the molecule is Cc1oc(=O)oc1COC(=O)/C=C/C(=O)OCC(CCN1CCOCC1)COC(=O)/C=C/C(=O)OCc1oc(=O)oc1C. The van der Waals surface area contributed by atoms with E-state index in [-0.39, 0.29) is 49.5 Å².